The molecule has 9 heterocycles. The zero-order chi connectivity index (χ0) is 37.5. The average Bonchev–Trinajstić information content (AvgIpc) is 3.30. The Labute approximate surface area is 338 Å². The van der Waals surface area contributed by atoms with E-state index in [1.54, 1.807) is 43.4 Å². The number of rotatable bonds is 3. The van der Waals surface area contributed by atoms with Gasteiger partial charge in [-0.05, 0) is 84.9 Å². The van der Waals surface area contributed by atoms with Gasteiger partial charge in [-0.2, -0.15) is 0 Å². The molecule has 0 bridgehead atoms. The smallest absolute Gasteiger partial charge is 0.255 e. The van der Waals surface area contributed by atoms with Crippen LogP contribution in [0.2, 0.25) is 0 Å². The standard InChI is InChI=1S/C25H13N7.2C10H8N2.Ru/c1-4-14-7-8-15-9-10-18(29-20(15)19(14)26-11-1)25-30-23-16-5-2-12-27-21(16)22-17(6-3-13-28-22)24(23)31-32-25;2*1-3-7-11-9(5-1)10-6-2-4-8-12-10;/h1-13H;2*1-8H;/q;;;+2. The van der Waals surface area contributed by atoms with Crippen LogP contribution in [-0.4, -0.2) is 55.1 Å². The molecule has 0 fully saturated rings. The first-order valence-corrected chi connectivity index (χ1v) is 17.8. The van der Waals surface area contributed by atoms with Crippen molar-refractivity contribution in [3.8, 4) is 34.3 Å². The molecule has 0 aliphatic carbocycles. The van der Waals surface area contributed by atoms with Crippen LogP contribution in [0.25, 0.3) is 88.9 Å². The van der Waals surface area contributed by atoms with Crippen molar-refractivity contribution in [3.63, 3.8) is 0 Å². The van der Waals surface area contributed by atoms with Gasteiger partial charge in [0, 0.05) is 64.9 Å². The molecule has 0 radical (unpaired) electrons. The molecule has 11 rings (SSSR count). The summed E-state index contributed by atoms with van der Waals surface area (Å²) < 4.78 is 0. The number of aromatic nitrogens is 11. The number of pyridine rings is 8. The van der Waals surface area contributed by atoms with E-state index in [0.717, 1.165) is 71.9 Å². The van der Waals surface area contributed by atoms with Gasteiger partial charge in [-0.3, -0.25) is 34.9 Å². The Morgan fingerprint density at radius 3 is 1.21 bits per heavy atom. The maximum Gasteiger partial charge on any atom is 2.00 e. The molecule has 9 aromatic heterocycles. The van der Waals surface area contributed by atoms with Crippen molar-refractivity contribution < 1.29 is 19.5 Å². The minimum absolute atomic E-state index is 0. The van der Waals surface area contributed by atoms with Gasteiger partial charge in [-0.15, -0.1) is 10.2 Å². The molecular weight excluding hydrogens is 796 g/mol. The summed E-state index contributed by atoms with van der Waals surface area (Å²) in [5, 5.41) is 12.8. The monoisotopic (exact) mass is 825 g/mol. The van der Waals surface area contributed by atoms with Crippen LogP contribution >= 0.6 is 0 Å². The molecule has 0 aliphatic heterocycles. The van der Waals surface area contributed by atoms with Crippen LogP contribution in [0.15, 0.2) is 177 Å². The van der Waals surface area contributed by atoms with E-state index in [-0.39, 0.29) is 19.5 Å². The van der Waals surface area contributed by atoms with Gasteiger partial charge in [0.1, 0.15) is 16.7 Å². The summed E-state index contributed by atoms with van der Waals surface area (Å²) in [7, 11) is 0. The van der Waals surface area contributed by atoms with Crippen molar-refractivity contribution in [3.05, 3.63) is 177 Å². The summed E-state index contributed by atoms with van der Waals surface area (Å²) in [5.41, 5.74) is 9.00. The van der Waals surface area contributed by atoms with Crippen LogP contribution in [0.5, 0.6) is 0 Å². The molecule has 11 nitrogen and oxygen atoms in total. The van der Waals surface area contributed by atoms with Gasteiger partial charge < -0.3 is 0 Å². The van der Waals surface area contributed by atoms with E-state index in [0.29, 0.717) is 17.0 Å². The normalized spacial score (nSPS) is 10.7. The molecule has 12 heteroatoms. The summed E-state index contributed by atoms with van der Waals surface area (Å²) in [6.45, 7) is 0. The molecule has 0 atom stereocenters. The van der Waals surface area contributed by atoms with E-state index in [2.05, 4.69) is 51.2 Å². The first-order valence-electron chi connectivity index (χ1n) is 17.8. The van der Waals surface area contributed by atoms with Gasteiger partial charge in [0.05, 0.1) is 44.8 Å². The average molecular weight is 825 g/mol. The van der Waals surface area contributed by atoms with Crippen LogP contribution in [0.3, 0.4) is 0 Å². The Bertz CT molecular complexity index is 2900. The Balaban J connectivity index is 0.000000149. The van der Waals surface area contributed by atoms with Gasteiger partial charge >= 0.3 is 19.5 Å². The predicted octanol–water partition coefficient (Wildman–Crippen LogP) is 9.17. The van der Waals surface area contributed by atoms with E-state index >= 15 is 0 Å². The van der Waals surface area contributed by atoms with Crippen LogP contribution in [0, 0.1) is 0 Å². The van der Waals surface area contributed by atoms with E-state index in [1.165, 1.54) is 0 Å². The van der Waals surface area contributed by atoms with E-state index in [1.807, 2.05) is 127 Å². The zero-order valence-corrected chi connectivity index (χ0v) is 31.8. The Kier molecular flexibility index (Phi) is 10.9. The number of fused-ring (bicyclic) bond motifs is 9. The fraction of sp³-hybridized carbons (Fsp3) is 0. The minimum Gasteiger partial charge on any atom is -0.255 e. The van der Waals surface area contributed by atoms with Gasteiger partial charge in [0.2, 0.25) is 5.82 Å². The molecule has 57 heavy (non-hydrogen) atoms. The fourth-order valence-corrected chi connectivity index (χ4v) is 6.28. The largest absolute Gasteiger partial charge is 2.00 e. The third-order valence-corrected chi connectivity index (χ3v) is 8.88. The second-order valence-electron chi connectivity index (χ2n) is 12.4. The van der Waals surface area contributed by atoms with Gasteiger partial charge in [0.25, 0.3) is 0 Å². The van der Waals surface area contributed by atoms with Gasteiger partial charge in [0.15, 0.2) is 0 Å². The fourth-order valence-electron chi connectivity index (χ4n) is 6.28. The molecule has 270 valence electrons. The Hall–Kier alpha value is -7.43. The Morgan fingerprint density at radius 2 is 0.702 bits per heavy atom. The first kappa shape index (κ1) is 36.5. The van der Waals surface area contributed by atoms with E-state index in [9.17, 15) is 0 Å². The van der Waals surface area contributed by atoms with Crippen molar-refractivity contribution in [2.45, 2.75) is 0 Å². The molecule has 11 aromatic rings. The van der Waals surface area contributed by atoms with E-state index in [4.69, 9.17) is 9.97 Å². The van der Waals surface area contributed by atoms with Crippen LogP contribution in [-0.2, 0) is 19.5 Å². The van der Waals surface area contributed by atoms with Crippen molar-refractivity contribution >= 4 is 54.6 Å². The summed E-state index contributed by atoms with van der Waals surface area (Å²) >= 11 is 0. The van der Waals surface area contributed by atoms with Gasteiger partial charge in [-0.1, -0.05) is 48.5 Å². The summed E-state index contributed by atoms with van der Waals surface area (Å²) in [6, 6.07) is 42.9. The molecule has 0 aliphatic rings. The molecular formula is C45H29N11Ru+2. The number of benzene rings is 2. The van der Waals surface area contributed by atoms with Gasteiger partial charge in [-0.25, -0.2) is 9.97 Å². The summed E-state index contributed by atoms with van der Waals surface area (Å²) in [5.74, 6) is 0.459. The number of hydrogen-bond donors (Lipinski definition) is 0. The third kappa shape index (κ3) is 7.75. The molecule has 0 spiro atoms. The second kappa shape index (κ2) is 16.9. The molecule has 0 saturated carbocycles. The first-order chi connectivity index (χ1) is 27.8. The van der Waals surface area contributed by atoms with E-state index < -0.39 is 0 Å². The van der Waals surface area contributed by atoms with Crippen molar-refractivity contribution in [1.82, 2.24) is 55.1 Å². The quantitative estimate of drug-likeness (QED) is 0.124. The zero-order valence-electron chi connectivity index (χ0n) is 30.0. The summed E-state index contributed by atoms with van der Waals surface area (Å²) in [4.78, 5) is 40.1. The number of hydrogen-bond acceptors (Lipinski definition) is 11. The maximum absolute atomic E-state index is 4.89. The number of nitrogens with zero attached hydrogens (tertiary/aromatic N) is 11. The SMILES string of the molecule is [Ru+2].c1ccc(-c2ccccn2)nc1.c1ccc(-c2ccccn2)nc1.c1cnc2c(c1)ccc1ccc(-c3nnc4c5cccnc5c5ncccc5c4n3)nc12. The predicted molar refractivity (Wildman–Crippen MR) is 219 cm³/mol. The minimum atomic E-state index is 0. The molecule has 2 aromatic carbocycles. The van der Waals surface area contributed by atoms with Crippen molar-refractivity contribution in [1.29, 1.82) is 0 Å². The molecule has 0 saturated heterocycles. The topological polar surface area (TPSA) is 142 Å². The maximum atomic E-state index is 4.89. The third-order valence-electron chi connectivity index (χ3n) is 8.88. The van der Waals surface area contributed by atoms with Crippen LogP contribution in [0.4, 0.5) is 0 Å². The molecule has 0 N–H and O–H groups in total. The second-order valence-corrected chi connectivity index (χ2v) is 12.4. The van der Waals surface area contributed by atoms with Crippen LogP contribution in [0.1, 0.15) is 0 Å². The van der Waals surface area contributed by atoms with Crippen LogP contribution < -0.4 is 0 Å². The molecule has 0 unspecified atom stereocenters. The van der Waals surface area contributed by atoms with Crippen molar-refractivity contribution in [2.75, 3.05) is 0 Å². The van der Waals surface area contributed by atoms with Crippen molar-refractivity contribution in [2.24, 2.45) is 0 Å². The molecule has 0 amide bonds. The summed E-state index contributed by atoms with van der Waals surface area (Å²) in [6.07, 6.45) is 12.4. The Morgan fingerprint density at radius 1 is 0.263 bits per heavy atom.